The fourth-order valence-electron chi connectivity index (χ4n) is 2.46. The minimum atomic E-state index is -1.28. The van der Waals surface area contributed by atoms with Crippen LogP contribution in [0.2, 0.25) is 5.02 Å². The van der Waals surface area contributed by atoms with Gasteiger partial charge in [-0.15, -0.1) is 0 Å². The first-order valence-electron chi connectivity index (χ1n) is 7.98. The largest absolute Gasteiger partial charge is 0.444 e. The summed E-state index contributed by atoms with van der Waals surface area (Å²) < 4.78 is 18.7. The van der Waals surface area contributed by atoms with Crippen molar-refractivity contribution < 1.29 is 24.1 Å². The Balaban J connectivity index is 2.38. The number of carbonyl (C=O) groups excluding carboxylic acids is 1. The molecule has 0 saturated carbocycles. The molecule has 0 aliphatic rings. The lowest BCUT2D eigenvalue weighted by molar-refractivity contribution is 0.0635. The van der Waals surface area contributed by atoms with Crippen molar-refractivity contribution in [1.29, 1.82) is 0 Å². The van der Waals surface area contributed by atoms with E-state index in [2.05, 4.69) is 5.32 Å². The van der Waals surface area contributed by atoms with Crippen molar-refractivity contribution in [3.8, 4) is 0 Å². The van der Waals surface area contributed by atoms with Crippen molar-refractivity contribution in [2.24, 2.45) is 0 Å². The molecule has 7 heteroatoms. The number of anilines is 1. The molecule has 2 aromatic carbocycles. The lowest BCUT2D eigenvalue weighted by atomic mass is 9.95. The average molecular weight is 382 g/mol. The smallest absolute Gasteiger partial charge is 0.412 e. The van der Waals surface area contributed by atoms with E-state index in [0.29, 0.717) is 5.56 Å². The Labute approximate surface area is 156 Å². The second-order valence-electron chi connectivity index (χ2n) is 6.73. The second kappa shape index (κ2) is 8.03. The average Bonchev–Trinajstić information content (AvgIpc) is 2.54. The van der Waals surface area contributed by atoms with Crippen LogP contribution in [0.4, 0.5) is 14.9 Å². The van der Waals surface area contributed by atoms with Crippen molar-refractivity contribution in [2.75, 3.05) is 5.32 Å². The van der Waals surface area contributed by atoms with Crippen LogP contribution in [-0.4, -0.2) is 21.9 Å². The van der Waals surface area contributed by atoms with E-state index in [1.165, 1.54) is 12.1 Å². The van der Waals surface area contributed by atoms with Gasteiger partial charge in [0.2, 0.25) is 0 Å². The van der Waals surface area contributed by atoms with E-state index in [0.717, 1.165) is 6.07 Å². The summed E-state index contributed by atoms with van der Waals surface area (Å²) in [4.78, 5) is 12.0. The number of nitrogens with one attached hydrogen (secondary N) is 1. The van der Waals surface area contributed by atoms with E-state index in [9.17, 15) is 19.4 Å². The summed E-state index contributed by atoms with van der Waals surface area (Å²) in [5.41, 5.74) is 0.344. The Morgan fingerprint density at radius 2 is 1.96 bits per heavy atom. The van der Waals surface area contributed by atoms with E-state index >= 15 is 0 Å². The van der Waals surface area contributed by atoms with E-state index in [1.54, 1.807) is 39.0 Å². The molecule has 1 atom stereocenters. The lowest BCUT2D eigenvalue weighted by Gasteiger charge is -2.22. The molecule has 0 fully saturated rings. The topological polar surface area (TPSA) is 78.8 Å². The highest BCUT2D eigenvalue weighted by molar-refractivity contribution is 6.31. The Bertz CT molecular complexity index is 805. The lowest BCUT2D eigenvalue weighted by Crippen LogP contribution is -2.27. The van der Waals surface area contributed by atoms with Crippen LogP contribution >= 0.6 is 11.6 Å². The monoisotopic (exact) mass is 381 g/mol. The van der Waals surface area contributed by atoms with Crippen LogP contribution in [0.3, 0.4) is 0 Å². The fourth-order valence-corrected chi connectivity index (χ4v) is 2.68. The Kier molecular flexibility index (Phi) is 6.23. The Morgan fingerprint density at radius 3 is 2.58 bits per heavy atom. The Hall–Kier alpha value is -2.15. The number of benzene rings is 2. The zero-order valence-corrected chi connectivity index (χ0v) is 15.5. The molecule has 0 aromatic heterocycles. The summed E-state index contributed by atoms with van der Waals surface area (Å²) in [6.07, 6.45) is -1.97. The van der Waals surface area contributed by atoms with Crippen molar-refractivity contribution in [2.45, 2.75) is 39.1 Å². The summed E-state index contributed by atoms with van der Waals surface area (Å²) in [6.45, 7) is 4.73. The van der Waals surface area contributed by atoms with Crippen LogP contribution in [0.15, 0.2) is 36.4 Å². The summed E-state index contributed by atoms with van der Waals surface area (Å²) in [6, 6.07) is 8.39. The summed E-state index contributed by atoms with van der Waals surface area (Å²) in [5.74, 6) is -0.544. The van der Waals surface area contributed by atoms with Gasteiger partial charge in [0.05, 0.1) is 6.61 Å². The number of hydrogen-bond acceptors (Lipinski definition) is 4. The molecule has 0 saturated heterocycles. The van der Waals surface area contributed by atoms with Crippen molar-refractivity contribution in [1.82, 2.24) is 0 Å². The number of ether oxygens (including phenoxy) is 1. The van der Waals surface area contributed by atoms with Gasteiger partial charge in [-0.2, -0.15) is 0 Å². The summed E-state index contributed by atoms with van der Waals surface area (Å²) in [5, 5.41) is 23.1. The molecule has 1 amide bonds. The van der Waals surface area contributed by atoms with Gasteiger partial charge in [0, 0.05) is 21.8 Å². The highest BCUT2D eigenvalue weighted by Gasteiger charge is 2.22. The first-order chi connectivity index (χ1) is 12.1. The minimum absolute atomic E-state index is 0.163. The number of aliphatic hydroxyl groups is 2. The van der Waals surface area contributed by atoms with Gasteiger partial charge in [0.25, 0.3) is 0 Å². The number of amides is 1. The maximum absolute atomic E-state index is 13.5. The van der Waals surface area contributed by atoms with Crippen LogP contribution < -0.4 is 5.32 Å². The van der Waals surface area contributed by atoms with E-state index in [-0.39, 0.29) is 21.8 Å². The molecular weight excluding hydrogens is 361 g/mol. The standard InChI is InChI=1S/C19H21ClFNO4/c1-19(2,3)26-18(25)22-16-6-4-5-12(14(16)10-23)17(24)13-9-11(21)7-8-15(13)20/h4-9,17,23-24H,10H2,1-3H3,(H,22,25). The molecular formula is C19H21ClFNO4. The number of halogens is 2. The zero-order chi connectivity index (χ0) is 19.5. The third-order valence-electron chi connectivity index (χ3n) is 3.55. The highest BCUT2D eigenvalue weighted by Crippen LogP contribution is 2.33. The maximum atomic E-state index is 13.5. The first kappa shape index (κ1) is 20.2. The molecule has 0 aliphatic carbocycles. The molecule has 0 radical (unpaired) electrons. The highest BCUT2D eigenvalue weighted by atomic mass is 35.5. The van der Waals surface area contributed by atoms with Gasteiger partial charge >= 0.3 is 6.09 Å². The van der Waals surface area contributed by atoms with Crippen LogP contribution in [0.25, 0.3) is 0 Å². The van der Waals surface area contributed by atoms with Crippen LogP contribution in [0.1, 0.15) is 43.6 Å². The van der Waals surface area contributed by atoms with E-state index in [4.69, 9.17) is 16.3 Å². The predicted octanol–water partition coefficient (Wildman–Crippen LogP) is 4.40. The van der Waals surface area contributed by atoms with Crippen LogP contribution in [-0.2, 0) is 11.3 Å². The molecule has 3 N–H and O–H groups in total. The molecule has 0 heterocycles. The molecule has 2 rings (SSSR count). The summed E-state index contributed by atoms with van der Waals surface area (Å²) in [7, 11) is 0. The quantitative estimate of drug-likeness (QED) is 0.733. The number of aliphatic hydroxyl groups excluding tert-OH is 2. The minimum Gasteiger partial charge on any atom is -0.444 e. The number of rotatable bonds is 4. The van der Waals surface area contributed by atoms with Crippen LogP contribution in [0.5, 0.6) is 0 Å². The second-order valence-corrected chi connectivity index (χ2v) is 7.13. The third kappa shape index (κ3) is 4.94. The fraction of sp³-hybridized carbons (Fsp3) is 0.316. The Morgan fingerprint density at radius 1 is 1.27 bits per heavy atom. The van der Waals surface area contributed by atoms with E-state index < -0.39 is 30.2 Å². The van der Waals surface area contributed by atoms with Gasteiger partial charge in [-0.05, 0) is 50.6 Å². The molecule has 26 heavy (non-hydrogen) atoms. The summed E-state index contributed by atoms with van der Waals surface area (Å²) >= 11 is 6.05. The molecule has 140 valence electrons. The molecule has 0 spiro atoms. The zero-order valence-electron chi connectivity index (χ0n) is 14.7. The molecule has 0 aliphatic heterocycles. The predicted molar refractivity (Wildman–Crippen MR) is 97.7 cm³/mol. The van der Waals surface area contributed by atoms with Gasteiger partial charge in [-0.3, -0.25) is 5.32 Å². The molecule has 2 aromatic rings. The van der Waals surface area contributed by atoms with Crippen LogP contribution in [0, 0.1) is 5.82 Å². The van der Waals surface area contributed by atoms with Crippen molar-refractivity contribution in [3.05, 3.63) is 63.9 Å². The van der Waals surface area contributed by atoms with Gasteiger partial charge in [-0.25, -0.2) is 9.18 Å². The van der Waals surface area contributed by atoms with Gasteiger partial charge in [-0.1, -0.05) is 23.7 Å². The van der Waals surface area contributed by atoms with Gasteiger partial charge < -0.3 is 14.9 Å². The molecule has 5 nitrogen and oxygen atoms in total. The number of hydrogen-bond donors (Lipinski definition) is 3. The van der Waals surface area contributed by atoms with Gasteiger partial charge in [0.1, 0.15) is 17.5 Å². The van der Waals surface area contributed by atoms with Gasteiger partial charge in [0.15, 0.2) is 0 Å². The van der Waals surface area contributed by atoms with Crippen molar-refractivity contribution >= 4 is 23.4 Å². The maximum Gasteiger partial charge on any atom is 0.412 e. The van der Waals surface area contributed by atoms with Crippen molar-refractivity contribution in [3.63, 3.8) is 0 Å². The third-order valence-corrected chi connectivity index (χ3v) is 3.90. The number of carbonyl (C=O) groups is 1. The molecule has 0 bridgehead atoms. The molecule has 1 unspecified atom stereocenters. The first-order valence-corrected chi connectivity index (χ1v) is 8.36. The normalized spacial score (nSPS) is 12.6. The SMILES string of the molecule is CC(C)(C)OC(=O)Nc1cccc(C(O)c2cc(F)ccc2Cl)c1CO. The van der Waals surface area contributed by atoms with E-state index in [1.807, 2.05) is 0 Å².